The molecule has 0 amide bonds. The number of ether oxygens (including phenoxy) is 1. The van der Waals surface area contributed by atoms with Crippen LogP contribution >= 0.6 is 11.6 Å². The summed E-state index contributed by atoms with van der Waals surface area (Å²) in [6.45, 7) is 0. The van der Waals surface area contributed by atoms with Gasteiger partial charge in [-0.05, 0) is 42.5 Å². The quantitative estimate of drug-likeness (QED) is 0.557. The van der Waals surface area contributed by atoms with E-state index in [0.29, 0.717) is 22.1 Å². The van der Waals surface area contributed by atoms with Crippen molar-refractivity contribution in [2.24, 2.45) is 0 Å². The third kappa shape index (κ3) is 2.94. The predicted molar refractivity (Wildman–Crippen MR) is 89.2 cm³/mol. The van der Waals surface area contributed by atoms with Gasteiger partial charge in [0.1, 0.15) is 22.8 Å². The lowest BCUT2D eigenvalue weighted by molar-refractivity contribution is 0.104. The molecule has 0 fully saturated rings. The first-order valence-electron chi connectivity index (χ1n) is 6.86. The molecule has 1 N–H and O–H groups in total. The molecule has 0 radical (unpaired) electrons. The minimum Gasteiger partial charge on any atom is -0.507 e. The normalized spacial score (nSPS) is 11.2. The standard InChI is InChI=1S/C18H13ClO4/c1-22-11-6-7-14(20)13(10-11)15(21)8-9-17-18(19)12-4-2-3-5-16(12)23-17/h2-10,20H,1H3/b9-8+. The summed E-state index contributed by atoms with van der Waals surface area (Å²) in [5.74, 6) is 0.388. The van der Waals surface area contributed by atoms with Crippen LogP contribution in [0.15, 0.2) is 53.0 Å². The van der Waals surface area contributed by atoms with Crippen molar-refractivity contribution in [3.63, 3.8) is 0 Å². The number of allylic oxidation sites excluding steroid dienone is 1. The van der Waals surface area contributed by atoms with Gasteiger partial charge in [-0.2, -0.15) is 0 Å². The van der Waals surface area contributed by atoms with E-state index >= 15 is 0 Å². The minimum absolute atomic E-state index is 0.115. The number of hydrogen-bond donors (Lipinski definition) is 1. The Labute approximate surface area is 137 Å². The Morgan fingerprint density at radius 3 is 2.78 bits per heavy atom. The first-order valence-corrected chi connectivity index (χ1v) is 7.24. The van der Waals surface area contributed by atoms with Gasteiger partial charge >= 0.3 is 0 Å². The topological polar surface area (TPSA) is 59.7 Å². The maximum atomic E-state index is 12.2. The van der Waals surface area contributed by atoms with Crippen LogP contribution in [0.3, 0.4) is 0 Å². The van der Waals surface area contributed by atoms with E-state index < -0.39 is 0 Å². The van der Waals surface area contributed by atoms with Crippen LogP contribution in [-0.4, -0.2) is 18.0 Å². The smallest absolute Gasteiger partial charge is 0.189 e. The molecule has 3 aromatic rings. The fourth-order valence-corrected chi connectivity index (χ4v) is 2.48. The maximum Gasteiger partial charge on any atom is 0.189 e. The number of fused-ring (bicyclic) bond motifs is 1. The molecule has 0 bridgehead atoms. The summed E-state index contributed by atoms with van der Waals surface area (Å²) in [6.07, 6.45) is 2.79. The monoisotopic (exact) mass is 328 g/mol. The first kappa shape index (κ1) is 15.2. The average molecular weight is 329 g/mol. The molecule has 23 heavy (non-hydrogen) atoms. The molecule has 4 nitrogen and oxygen atoms in total. The number of phenols is 1. The fourth-order valence-electron chi connectivity index (χ4n) is 2.22. The zero-order chi connectivity index (χ0) is 16.4. The van der Waals surface area contributed by atoms with Crippen LogP contribution in [0.4, 0.5) is 0 Å². The SMILES string of the molecule is COc1ccc(O)c(C(=O)/C=C/c2oc3ccccc3c2Cl)c1. The molecule has 0 unspecified atom stereocenters. The maximum absolute atomic E-state index is 12.2. The molecule has 116 valence electrons. The molecule has 0 aliphatic carbocycles. The Balaban J connectivity index is 1.92. The number of hydrogen-bond acceptors (Lipinski definition) is 4. The van der Waals surface area contributed by atoms with E-state index in [9.17, 15) is 9.90 Å². The summed E-state index contributed by atoms with van der Waals surface area (Å²) in [6, 6.07) is 11.8. The third-order valence-corrected chi connectivity index (χ3v) is 3.80. The number of carbonyl (C=O) groups excluding carboxylic acids is 1. The molecule has 5 heteroatoms. The van der Waals surface area contributed by atoms with Crippen LogP contribution in [0, 0.1) is 0 Å². The van der Waals surface area contributed by atoms with Crippen molar-refractivity contribution in [1.29, 1.82) is 0 Å². The number of benzene rings is 2. The zero-order valence-electron chi connectivity index (χ0n) is 12.2. The number of rotatable bonds is 4. The second-order valence-corrected chi connectivity index (χ2v) is 5.24. The average Bonchev–Trinajstić information content (AvgIpc) is 2.89. The lowest BCUT2D eigenvalue weighted by Crippen LogP contribution is -1.96. The van der Waals surface area contributed by atoms with E-state index in [0.717, 1.165) is 5.39 Å². The summed E-state index contributed by atoms with van der Waals surface area (Å²) in [5, 5.41) is 11.0. The van der Waals surface area contributed by atoms with E-state index in [2.05, 4.69) is 0 Å². The summed E-state index contributed by atoms with van der Waals surface area (Å²) in [5.41, 5.74) is 0.793. The molecule has 0 aliphatic rings. The van der Waals surface area contributed by atoms with Crippen molar-refractivity contribution < 1.29 is 19.1 Å². The van der Waals surface area contributed by atoms with Gasteiger partial charge in [0, 0.05) is 5.39 Å². The van der Waals surface area contributed by atoms with Crippen molar-refractivity contribution in [2.75, 3.05) is 7.11 Å². The number of methoxy groups -OCH3 is 1. The van der Waals surface area contributed by atoms with E-state index in [4.69, 9.17) is 20.8 Å². The number of ketones is 1. The Hall–Kier alpha value is -2.72. The van der Waals surface area contributed by atoms with Gasteiger partial charge in [0.25, 0.3) is 0 Å². The van der Waals surface area contributed by atoms with Crippen LogP contribution in [0.5, 0.6) is 11.5 Å². The molecule has 0 saturated heterocycles. The largest absolute Gasteiger partial charge is 0.507 e. The summed E-state index contributed by atoms with van der Waals surface area (Å²) >= 11 is 6.24. The molecule has 0 aliphatic heterocycles. The number of para-hydroxylation sites is 1. The summed E-state index contributed by atoms with van der Waals surface area (Å²) in [7, 11) is 1.49. The predicted octanol–water partition coefficient (Wildman–Crippen LogP) is 4.70. The molecule has 3 rings (SSSR count). The Bertz CT molecular complexity index is 909. The van der Waals surface area contributed by atoms with Crippen LogP contribution in [-0.2, 0) is 0 Å². The second-order valence-electron chi connectivity index (χ2n) is 4.86. The highest BCUT2D eigenvalue weighted by Crippen LogP contribution is 2.31. The highest BCUT2D eigenvalue weighted by Gasteiger charge is 2.12. The van der Waals surface area contributed by atoms with E-state index in [1.165, 1.54) is 31.4 Å². The van der Waals surface area contributed by atoms with Crippen molar-refractivity contribution in [2.45, 2.75) is 0 Å². The van der Waals surface area contributed by atoms with Gasteiger partial charge in [0.05, 0.1) is 17.7 Å². The van der Waals surface area contributed by atoms with Crippen LogP contribution in [0.25, 0.3) is 17.0 Å². The lowest BCUT2D eigenvalue weighted by Gasteiger charge is -2.04. The van der Waals surface area contributed by atoms with E-state index in [1.54, 1.807) is 12.1 Å². The Morgan fingerprint density at radius 2 is 2.04 bits per heavy atom. The summed E-state index contributed by atoms with van der Waals surface area (Å²) < 4.78 is 10.7. The van der Waals surface area contributed by atoms with Gasteiger partial charge < -0.3 is 14.3 Å². The van der Waals surface area contributed by atoms with Crippen LogP contribution in [0.1, 0.15) is 16.1 Å². The van der Waals surface area contributed by atoms with Crippen LogP contribution < -0.4 is 4.74 Å². The number of aromatic hydroxyl groups is 1. The van der Waals surface area contributed by atoms with Gasteiger partial charge in [-0.3, -0.25) is 4.79 Å². The molecular formula is C18H13ClO4. The van der Waals surface area contributed by atoms with Gasteiger partial charge in [-0.1, -0.05) is 23.7 Å². The number of halogens is 1. The van der Waals surface area contributed by atoms with Crippen molar-refractivity contribution in [3.05, 3.63) is 64.9 Å². The Morgan fingerprint density at radius 1 is 1.26 bits per heavy atom. The fraction of sp³-hybridized carbons (Fsp3) is 0.0556. The van der Waals surface area contributed by atoms with Crippen LogP contribution in [0.2, 0.25) is 5.02 Å². The van der Waals surface area contributed by atoms with Gasteiger partial charge in [-0.15, -0.1) is 0 Å². The molecular weight excluding hydrogens is 316 g/mol. The van der Waals surface area contributed by atoms with Gasteiger partial charge in [-0.25, -0.2) is 0 Å². The van der Waals surface area contributed by atoms with Gasteiger partial charge in [0.2, 0.25) is 0 Å². The number of carbonyl (C=O) groups is 1. The molecule has 0 atom stereocenters. The van der Waals surface area contributed by atoms with Crippen molar-refractivity contribution in [3.8, 4) is 11.5 Å². The minimum atomic E-state index is -0.377. The highest BCUT2D eigenvalue weighted by atomic mass is 35.5. The Kier molecular flexibility index (Phi) is 4.08. The van der Waals surface area contributed by atoms with Gasteiger partial charge in [0.15, 0.2) is 5.78 Å². The van der Waals surface area contributed by atoms with Crippen molar-refractivity contribution in [1.82, 2.24) is 0 Å². The third-order valence-electron chi connectivity index (χ3n) is 3.42. The van der Waals surface area contributed by atoms with E-state index in [1.807, 2.05) is 18.2 Å². The molecule has 2 aromatic carbocycles. The molecule has 0 saturated carbocycles. The molecule has 1 aromatic heterocycles. The van der Waals surface area contributed by atoms with Crippen molar-refractivity contribution >= 4 is 34.4 Å². The second kappa shape index (κ2) is 6.18. The molecule has 1 heterocycles. The number of furan rings is 1. The summed E-state index contributed by atoms with van der Waals surface area (Å²) in [4.78, 5) is 12.2. The van der Waals surface area contributed by atoms with E-state index in [-0.39, 0.29) is 17.1 Å². The number of phenolic OH excluding ortho intramolecular Hbond substituents is 1. The highest BCUT2D eigenvalue weighted by molar-refractivity contribution is 6.36. The lowest BCUT2D eigenvalue weighted by atomic mass is 10.1. The molecule has 0 spiro atoms. The zero-order valence-corrected chi connectivity index (χ0v) is 13.0. The first-order chi connectivity index (χ1) is 11.1.